The van der Waals surface area contributed by atoms with Crippen LogP contribution in [0.3, 0.4) is 0 Å². The second-order valence-electron chi connectivity index (χ2n) is 3.94. The molecule has 17 heavy (non-hydrogen) atoms. The zero-order valence-corrected chi connectivity index (χ0v) is 9.61. The summed E-state index contributed by atoms with van der Waals surface area (Å²) in [5.74, 6) is 0.450. The zero-order valence-electron chi connectivity index (χ0n) is 9.61. The molecule has 0 amide bonds. The van der Waals surface area contributed by atoms with Crippen LogP contribution >= 0.6 is 0 Å². The highest BCUT2D eigenvalue weighted by atomic mass is 19.1. The number of halogens is 1. The number of nitrogens with two attached hydrogens (primary N) is 1. The van der Waals surface area contributed by atoms with E-state index >= 15 is 0 Å². The minimum absolute atomic E-state index is 0.248. The summed E-state index contributed by atoms with van der Waals surface area (Å²) in [4.78, 5) is 0. The molecule has 0 radical (unpaired) electrons. The van der Waals surface area contributed by atoms with Gasteiger partial charge in [-0.15, -0.1) is 0 Å². The molecule has 3 heteroatoms. The summed E-state index contributed by atoms with van der Waals surface area (Å²) >= 11 is 0. The molecule has 0 aliphatic rings. The molecule has 0 aliphatic carbocycles. The molecule has 0 aromatic heterocycles. The van der Waals surface area contributed by atoms with E-state index in [1.54, 1.807) is 6.07 Å². The Morgan fingerprint density at radius 1 is 1.12 bits per heavy atom. The Labute approximate surface area is 99.8 Å². The second kappa shape index (κ2) is 4.87. The Bertz CT molecular complexity index is 508. The third-order valence-electron chi connectivity index (χ3n) is 2.51. The van der Waals surface area contributed by atoms with Gasteiger partial charge in [0.1, 0.15) is 18.2 Å². The van der Waals surface area contributed by atoms with Crippen LogP contribution in [-0.2, 0) is 6.61 Å². The van der Waals surface area contributed by atoms with Gasteiger partial charge in [-0.3, -0.25) is 0 Å². The van der Waals surface area contributed by atoms with Crippen molar-refractivity contribution in [3.05, 3.63) is 59.4 Å². The van der Waals surface area contributed by atoms with Crippen LogP contribution in [0.15, 0.2) is 42.5 Å². The molecule has 0 spiro atoms. The lowest BCUT2D eigenvalue weighted by atomic mass is 10.2. The van der Waals surface area contributed by atoms with Crippen molar-refractivity contribution in [3.63, 3.8) is 0 Å². The topological polar surface area (TPSA) is 35.2 Å². The number of hydrogen-bond donors (Lipinski definition) is 1. The lowest BCUT2D eigenvalue weighted by Crippen LogP contribution is -1.97. The van der Waals surface area contributed by atoms with Crippen molar-refractivity contribution in [3.8, 4) is 5.75 Å². The quantitative estimate of drug-likeness (QED) is 0.822. The molecule has 0 unspecified atom stereocenters. The Hall–Kier alpha value is -2.03. The first-order valence-electron chi connectivity index (χ1n) is 5.38. The molecule has 0 fully saturated rings. The van der Waals surface area contributed by atoms with Crippen LogP contribution in [0.25, 0.3) is 0 Å². The number of anilines is 1. The van der Waals surface area contributed by atoms with E-state index in [0.29, 0.717) is 12.4 Å². The third-order valence-corrected chi connectivity index (χ3v) is 2.51. The van der Waals surface area contributed by atoms with Gasteiger partial charge in [-0.1, -0.05) is 12.1 Å². The Morgan fingerprint density at radius 2 is 1.82 bits per heavy atom. The van der Waals surface area contributed by atoms with Gasteiger partial charge < -0.3 is 10.5 Å². The molecule has 2 rings (SSSR count). The van der Waals surface area contributed by atoms with Gasteiger partial charge in [-0.25, -0.2) is 4.39 Å². The molecule has 88 valence electrons. The Balaban J connectivity index is 2.04. The maximum atomic E-state index is 12.9. The number of hydrogen-bond acceptors (Lipinski definition) is 2. The molecule has 0 atom stereocenters. The molecule has 0 bridgehead atoms. The Kier molecular flexibility index (Phi) is 3.28. The van der Waals surface area contributed by atoms with Crippen LogP contribution in [0.2, 0.25) is 0 Å². The van der Waals surface area contributed by atoms with Crippen molar-refractivity contribution in [1.82, 2.24) is 0 Å². The summed E-state index contributed by atoms with van der Waals surface area (Å²) in [5.41, 5.74) is 8.14. The van der Waals surface area contributed by atoms with Crippen LogP contribution in [0, 0.1) is 12.7 Å². The summed E-state index contributed by atoms with van der Waals surface area (Å²) in [6, 6.07) is 12.0. The van der Waals surface area contributed by atoms with E-state index < -0.39 is 0 Å². The maximum Gasteiger partial charge on any atom is 0.123 e. The van der Waals surface area contributed by atoms with Crippen LogP contribution in [0.4, 0.5) is 10.1 Å². The van der Waals surface area contributed by atoms with Gasteiger partial charge >= 0.3 is 0 Å². The van der Waals surface area contributed by atoms with Crippen LogP contribution < -0.4 is 10.5 Å². The van der Waals surface area contributed by atoms with Crippen molar-refractivity contribution >= 4 is 5.69 Å². The molecule has 2 aromatic rings. The van der Waals surface area contributed by atoms with Crippen molar-refractivity contribution in [2.24, 2.45) is 0 Å². The maximum absolute atomic E-state index is 12.9. The van der Waals surface area contributed by atoms with E-state index in [9.17, 15) is 4.39 Å². The van der Waals surface area contributed by atoms with E-state index in [2.05, 4.69) is 0 Å². The smallest absolute Gasteiger partial charge is 0.123 e. The number of benzene rings is 2. The standard InChI is InChI=1S/C14H14FNO/c1-10-8-12(15)4-7-14(10)17-9-11-2-5-13(16)6-3-11/h2-8H,9,16H2,1H3. The van der Waals surface area contributed by atoms with Crippen molar-refractivity contribution in [1.29, 1.82) is 0 Å². The van der Waals surface area contributed by atoms with Gasteiger partial charge in [-0.05, 0) is 48.4 Å². The Morgan fingerprint density at radius 3 is 2.47 bits per heavy atom. The molecule has 2 N–H and O–H groups in total. The average Bonchev–Trinajstić information content (AvgIpc) is 2.30. The fourth-order valence-corrected chi connectivity index (χ4v) is 1.55. The minimum Gasteiger partial charge on any atom is -0.489 e. The summed E-state index contributed by atoms with van der Waals surface area (Å²) < 4.78 is 18.5. The largest absolute Gasteiger partial charge is 0.489 e. The number of rotatable bonds is 3. The number of ether oxygens (including phenoxy) is 1. The lowest BCUT2D eigenvalue weighted by molar-refractivity contribution is 0.303. The lowest BCUT2D eigenvalue weighted by Gasteiger charge is -2.09. The molecular formula is C14H14FNO. The fraction of sp³-hybridized carbons (Fsp3) is 0.143. The average molecular weight is 231 g/mol. The first kappa shape index (κ1) is 11.5. The van der Waals surface area contributed by atoms with Gasteiger partial charge in [0.15, 0.2) is 0 Å². The minimum atomic E-state index is -0.248. The number of nitrogen functional groups attached to an aromatic ring is 1. The summed E-state index contributed by atoms with van der Waals surface area (Å²) in [7, 11) is 0. The van der Waals surface area contributed by atoms with Crippen molar-refractivity contribution in [2.75, 3.05) is 5.73 Å². The zero-order chi connectivity index (χ0) is 12.3. The van der Waals surface area contributed by atoms with E-state index in [4.69, 9.17) is 10.5 Å². The molecule has 0 saturated carbocycles. The van der Waals surface area contributed by atoms with E-state index in [1.807, 2.05) is 31.2 Å². The van der Waals surface area contributed by atoms with E-state index in [0.717, 1.165) is 16.8 Å². The third kappa shape index (κ3) is 2.97. The second-order valence-corrected chi connectivity index (χ2v) is 3.94. The monoisotopic (exact) mass is 231 g/mol. The van der Waals surface area contributed by atoms with Gasteiger partial charge in [0.25, 0.3) is 0 Å². The summed E-state index contributed by atoms with van der Waals surface area (Å²) in [6.45, 7) is 2.27. The van der Waals surface area contributed by atoms with E-state index in [-0.39, 0.29) is 5.82 Å². The normalized spacial score (nSPS) is 10.2. The van der Waals surface area contributed by atoms with Crippen LogP contribution in [0.1, 0.15) is 11.1 Å². The number of aryl methyl sites for hydroxylation is 1. The molecule has 2 nitrogen and oxygen atoms in total. The first-order chi connectivity index (χ1) is 8.15. The van der Waals surface area contributed by atoms with Crippen LogP contribution in [-0.4, -0.2) is 0 Å². The molecule has 0 aliphatic heterocycles. The predicted octanol–water partition coefficient (Wildman–Crippen LogP) is 3.30. The highest BCUT2D eigenvalue weighted by molar-refractivity contribution is 5.39. The molecular weight excluding hydrogens is 217 g/mol. The molecule has 2 aromatic carbocycles. The van der Waals surface area contributed by atoms with Gasteiger partial charge in [-0.2, -0.15) is 0 Å². The predicted molar refractivity (Wildman–Crippen MR) is 66.3 cm³/mol. The molecule has 0 heterocycles. The van der Waals surface area contributed by atoms with Gasteiger partial charge in [0, 0.05) is 5.69 Å². The van der Waals surface area contributed by atoms with E-state index in [1.165, 1.54) is 12.1 Å². The van der Waals surface area contributed by atoms with Gasteiger partial charge in [0.05, 0.1) is 0 Å². The molecule has 0 saturated heterocycles. The summed E-state index contributed by atoms with van der Waals surface area (Å²) in [5, 5.41) is 0. The summed E-state index contributed by atoms with van der Waals surface area (Å²) in [6.07, 6.45) is 0. The highest BCUT2D eigenvalue weighted by Gasteiger charge is 2.01. The highest BCUT2D eigenvalue weighted by Crippen LogP contribution is 2.19. The SMILES string of the molecule is Cc1cc(F)ccc1OCc1ccc(N)cc1. The van der Waals surface area contributed by atoms with Crippen molar-refractivity contribution < 1.29 is 9.13 Å². The van der Waals surface area contributed by atoms with Gasteiger partial charge in [0.2, 0.25) is 0 Å². The van der Waals surface area contributed by atoms with Crippen molar-refractivity contribution in [2.45, 2.75) is 13.5 Å². The van der Waals surface area contributed by atoms with Crippen LogP contribution in [0.5, 0.6) is 5.75 Å². The first-order valence-corrected chi connectivity index (χ1v) is 5.38. The fourth-order valence-electron chi connectivity index (χ4n) is 1.55.